The van der Waals surface area contributed by atoms with E-state index in [1.165, 1.54) is 12.1 Å². The summed E-state index contributed by atoms with van der Waals surface area (Å²) in [5.74, 6) is 0.854. The molecule has 0 fully saturated rings. The van der Waals surface area contributed by atoms with Gasteiger partial charge >= 0.3 is 0 Å². The van der Waals surface area contributed by atoms with Crippen LogP contribution in [-0.2, 0) is 6.42 Å². The van der Waals surface area contributed by atoms with Gasteiger partial charge < -0.3 is 4.52 Å². The largest absolute Gasteiger partial charge is 0.340 e. The first-order valence-electron chi connectivity index (χ1n) is 4.27. The first kappa shape index (κ1) is 8.87. The smallest absolute Gasteiger partial charge is 0.223 e. The van der Waals surface area contributed by atoms with E-state index in [1.807, 2.05) is 6.07 Å². The molecular weight excluding hydrogens is 183 g/mol. The van der Waals surface area contributed by atoms with Crippen LogP contribution in [0.4, 0.5) is 4.39 Å². The Bertz CT molecular complexity index is 439. The zero-order chi connectivity index (χ0) is 9.97. The summed E-state index contributed by atoms with van der Waals surface area (Å²) in [7, 11) is 0. The lowest BCUT2D eigenvalue weighted by atomic mass is 10.1. The van der Waals surface area contributed by atoms with Gasteiger partial charge in [-0.05, 0) is 17.7 Å². The van der Waals surface area contributed by atoms with Gasteiger partial charge in [-0.3, -0.25) is 0 Å². The third-order valence-corrected chi connectivity index (χ3v) is 1.82. The minimum atomic E-state index is -0.247. The van der Waals surface area contributed by atoms with Gasteiger partial charge in [-0.2, -0.15) is 4.98 Å². The van der Waals surface area contributed by atoms with Gasteiger partial charge in [-0.1, -0.05) is 17.3 Å². The van der Waals surface area contributed by atoms with Crippen molar-refractivity contribution in [3.05, 3.63) is 47.4 Å². The molecule has 0 radical (unpaired) electrons. The van der Waals surface area contributed by atoms with E-state index in [-0.39, 0.29) is 5.82 Å². The highest BCUT2D eigenvalue weighted by Gasteiger charge is 2.03. The molecule has 0 saturated heterocycles. The number of hydrogen-bond donors (Lipinski definition) is 0. The lowest BCUT2D eigenvalue weighted by Crippen LogP contribution is -1.91. The van der Waals surface area contributed by atoms with E-state index in [0.717, 1.165) is 5.56 Å². The third kappa shape index (κ3) is 1.96. The normalized spacial score (nSPS) is 10.4. The van der Waals surface area contributed by atoms with E-state index in [1.54, 1.807) is 13.0 Å². The zero-order valence-corrected chi connectivity index (χ0v) is 7.70. The fourth-order valence-corrected chi connectivity index (χ4v) is 1.24. The van der Waals surface area contributed by atoms with Gasteiger partial charge in [-0.25, -0.2) is 4.39 Å². The number of aryl methyl sites for hydroxylation is 1. The van der Waals surface area contributed by atoms with Crippen molar-refractivity contribution in [2.75, 3.05) is 0 Å². The highest BCUT2D eigenvalue weighted by Crippen LogP contribution is 2.08. The Balaban J connectivity index is 2.18. The van der Waals surface area contributed by atoms with Crippen LogP contribution >= 0.6 is 0 Å². The van der Waals surface area contributed by atoms with Crippen molar-refractivity contribution in [3.63, 3.8) is 0 Å². The number of rotatable bonds is 2. The number of hydrogen-bond acceptors (Lipinski definition) is 3. The average molecular weight is 192 g/mol. The third-order valence-electron chi connectivity index (χ3n) is 1.82. The first-order chi connectivity index (χ1) is 6.74. The van der Waals surface area contributed by atoms with Crippen LogP contribution in [0.1, 0.15) is 17.3 Å². The lowest BCUT2D eigenvalue weighted by Gasteiger charge is -1.95. The van der Waals surface area contributed by atoms with Gasteiger partial charge in [0.05, 0.1) is 0 Å². The summed E-state index contributed by atoms with van der Waals surface area (Å²) in [6, 6.07) is 6.36. The molecule has 2 aromatic rings. The quantitative estimate of drug-likeness (QED) is 0.731. The lowest BCUT2D eigenvalue weighted by molar-refractivity contribution is 0.388. The summed E-state index contributed by atoms with van der Waals surface area (Å²) in [4.78, 5) is 4.04. The second-order valence-electron chi connectivity index (χ2n) is 3.04. The number of nitrogens with zero attached hydrogens (tertiary/aromatic N) is 2. The maximum absolute atomic E-state index is 12.8. The van der Waals surface area contributed by atoms with E-state index in [2.05, 4.69) is 10.1 Å². The number of halogens is 1. The maximum Gasteiger partial charge on any atom is 0.223 e. The molecule has 0 N–H and O–H groups in total. The predicted molar refractivity (Wildman–Crippen MR) is 48.2 cm³/mol. The summed E-state index contributed by atoms with van der Waals surface area (Å²) in [6.45, 7) is 1.72. The van der Waals surface area contributed by atoms with E-state index in [0.29, 0.717) is 18.1 Å². The van der Waals surface area contributed by atoms with Gasteiger partial charge in [0.2, 0.25) is 5.89 Å². The van der Waals surface area contributed by atoms with Crippen LogP contribution in [0.5, 0.6) is 0 Å². The summed E-state index contributed by atoms with van der Waals surface area (Å²) in [5, 5.41) is 3.73. The molecule has 14 heavy (non-hydrogen) atoms. The van der Waals surface area contributed by atoms with Gasteiger partial charge in [0.1, 0.15) is 5.82 Å². The summed E-state index contributed by atoms with van der Waals surface area (Å²) < 4.78 is 17.6. The Labute approximate surface area is 80.6 Å². The van der Waals surface area contributed by atoms with Crippen LogP contribution in [-0.4, -0.2) is 10.1 Å². The molecule has 0 atom stereocenters. The predicted octanol–water partition coefficient (Wildman–Crippen LogP) is 2.11. The highest BCUT2D eigenvalue weighted by molar-refractivity contribution is 5.19. The highest BCUT2D eigenvalue weighted by atomic mass is 19.1. The SMILES string of the molecule is Cc1nc(Cc2cccc(F)c2)no1. The van der Waals surface area contributed by atoms with E-state index in [4.69, 9.17) is 4.52 Å². The monoisotopic (exact) mass is 192 g/mol. The molecule has 4 heteroatoms. The topological polar surface area (TPSA) is 38.9 Å². The minimum Gasteiger partial charge on any atom is -0.340 e. The number of benzene rings is 1. The minimum absolute atomic E-state index is 0.247. The van der Waals surface area contributed by atoms with Crippen LogP contribution in [0.15, 0.2) is 28.8 Å². The zero-order valence-electron chi connectivity index (χ0n) is 7.70. The second-order valence-corrected chi connectivity index (χ2v) is 3.04. The molecule has 0 aliphatic carbocycles. The second kappa shape index (κ2) is 3.57. The van der Waals surface area contributed by atoms with Crippen LogP contribution in [0.25, 0.3) is 0 Å². The molecule has 0 bridgehead atoms. The molecule has 1 aromatic heterocycles. The molecule has 3 nitrogen and oxygen atoms in total. The average Bonchev–Trinajstić information content (AvgIpc) is 2.51. The van der Waals surface area contributed by atoms with E-state index in [9.17, 15) is 4.39 Å². The van der Waals surface area contributed by atoms with E-state index < -0.39 is 0 Å². The number of aromatic nitrogens is 2. The fourth-order valence-electron chi connectivity index (χ4n) is 1.24. The van der Waals surface area contributed by atoms with Crippen LogP contribution in [0.2, 0.25) is 0 Å². The van der Waals surface area contributed by atoms with Gasteiger partial charge in [0.15, 0.2) is 5.82 Å². The van der Waals surface area contributed by atoms with Crippen molar-refractivity contribution in [1.29, 1.82) is 0 Å². The molecule has 1 aromatic carbocycles. The van der Waals surface area contributed by atoms with Gasteiger partial charge in [-0.15, -0.1) is 0 Å². The summed E-state index contributed by atoms with van der Waals surface area (Å²) in [6.07, 6.45) is 0.495. The molecule has 0 saturated carbocycles. The Hall–Kier alpha value is -1.71. The molecule has 0 aliphatic heterocycles. The van der Waals surface area contributed by atoms with Crippen LogP contribution in [0.3, 0.4) is 0 Å². The summed E-state index contributed by atoms with van der Waals surface area (Å²) >= 11 is 0. The van der Waals surface area contributed by atoms with Crippen molar-refractivity contribution in [2.45, 2.75) is 13.3 Å². The van der Waals surface area contributed by atoms with Crippen molar-refractivity contribution in [3.8, 4) is 0 Å². The van der Waals surface area contributed by atoms with E-state index >= 15 is 0 Å². The molecule has 2 rings (SSSR count). The molecule has 72 valence electrons. The Morgan fingerprint density at radius 3 is 2.93 bits per heavy atom. The van der Waals surface area contributed by atoms with Crippen LogP contribution < -0.4 is 0 Å². The molecule has 0 aliphatic rings. The van der Waals surface area contributed by atoms with Crippen molar-refractivity contribution in [2.24, 2.45) is 0 Å². The fraction of sp³-hybridized carbons (Fsp3) is 0.200. The molecule has 1 heterocycles. The molecule has 0 unspecified atom stereocenters. The molecule has 0 spiro atoms. The van der Waals surface area contributed by atoms with Gasteiger partial charge in [0.25, 0.3) is 0 Å². The van der Waals surface area contributed by atoms with Crippen molar-refractivity contribution < 1.29 is 8.91 Å². The summed E-state index contributed by atoms with van der Waals surface area (Å²) in [5.41, 5.74) is 0.839. The Morgan fingerprint density at radius 2 is 2.29 bits per heavy atom. The maximum atomic E-state index is 12.8. The van der Waals surface area contributed by atoms with Crippen molar-refractivity contribution >= 4 is 0 Å². The first-order valence-corrected chi connectivity index (χ1v) is 4.27. The molecule has 0 amide bonds. The van der Waals surface area contributed by atoms with Crippen molar-refractivity contribution in [1.82, 2.24) is 10.1 Å². The Kier molecular flexibility index (Phi) is 2.26. The molecular formula is C10H9FN2O. The van der Waals surface area contributed by atoms with Crippen LogP contribution in [0, 0.1) is 12.7 Å². The Morgan fingerprint density at radius 1 is 1.43 bits per heavy atom. The standard InChI is InChI=1S/C10H9FN2O/c1-7-12-10(13-14-7)6-8-3-2-4-9(11)5-8/h2-5H,6H2,1H3. The van der Waals surface area contributed by atoms with Gasteiger partial charge in [0, 0.05) is 13.3 Å².